The Bertz CT molecular complexity index is 449. The molecule has 13 heavy (non-hydrogen) atoms. The Labute approximate surface area is 78.8 Å². The number of anilines is 2. The quantitative estimate of drug-likeness (QED) is 0.464. The van der Waals surface area contributed by atoms with Gasteiger partial charge in [-0.3, -0.25) is 0 Å². The first kappa shape index (κ1) is 8.21. The minimum Gasteiger partial charge on any atom is -0.390 e. The first-order chi connectivity index (χ1) is 6.22. The van der Waals surface area contributed by atoms with Gasteiger partial charge in [0.2, 0.25) is 0 Å². The molecule has 2 heterocycles. The summed E-state index contributed by atoms with van der Waals surface area (Å²) in [5, 5.41) is 3.38. The highest BCUT2D eigenvalue weighted by Crippen LogP contribution is 2.31. The Morgan fingerprint density at radius 2 is 2.23 bits per heavy atom. The molecule has 2 aromatic rings. The van der Waals surface area contributed by atoms with Crippen LogP contribution in [0.1, 0.15) is 5.82 Å². The van der Waals surface area contributed by atoms with Gasteiger partial charge >= 0.3 is 0 Å². The number of hydrazine groups is 1. The summed E-state index contributed by atoms with van der Waals surface area (Å²) in [7, 11) is 0. The number of aryl methyl sites for hydroxylation is 1. The summed E-state index contributed by atoms with van der Waals surface area (Å²) in [6, 6.07) is 0. The van der Waals surface area contributed by atoms with E-state index in [1.807, 2.05) is 12.3 Å². The molecule has 0 aliphatic carbocycles. The van der Waals surface area contributed by atoms with Crippen LogP contribution in [-0.4, -0.2) is 9.97 Å². The molecule has 0 aliphatic heterocycles. The molecule has 0 atom stereocenters. The lowest BCUT2D eigenvalue weighted by Gasteiger charge is -2.02. The second-order valence-corrected chi connectivity index (χ2v) is 3.54. The van der Waals surface area contributed by atoms with Crippen molar-refractivity contribution in [3.8, 4) is 0 Å². The van der Waals surface area contributed by atoms with Crippen LogP contribution < -0.4 is 17.0 Å². The first-order valence-corrected chi connectivity index (χ1v) is 4.58. The summed E-state index contributed by atoms with van der Waals surface area (Å²) >= 11 is 1.44. The second-order valence-electron chi connectivity index (χ2n) is 2.62. The molecule has 5 N–H and O–H groups in total. The van der Waals surface area contributed by atoms with Crippen LogP contribution in [0.4, 0.5) is 10.8 Å². The maximum atomic E-state index is 5.75. The Balaban J connectivity index is 2.85. The zero-order valence-electron chi connectivity index (χ0n) is 7.03. The van der Waals surface area contributed by atoms with Crippen molar-refractivity contribution < 1.29 is 0 Å². The monoisotopic (exact) mass is 195 g/mol. The first-order valence-electron chi connectivity index (χ1n) is 3.70. The van der Waals surface area contributed by atoms with Gasteiger partial charge in [0.25, 0.3) is 0 Å². The summed E-state index contributed by atoms with van der Waals surface area (Å²) in [4.78, 5) is 8.36. The molecule has 0 amide bonds. The van der Waals surface area contributed by atoms with Crippen molar-refractivity contribution in [3.05, 3.63) is 11.2 Å². The van der Waals surface area contributed by atoms with E-state index in [4.69, 9.17) is 11.6 Å². The zero-order chi connectivity index (χ0) is 9.42. The Hall–Kier alpha value is -1.40. The van der Waals surface area contributed by atoms with Crippen molar-refractivity contribution in [2.24, 2.45) is 5.84 Å². The number of hydrogen-bond donors (Lipinski definition) is 3. The molecule has 0 spiro atoms. The molecule has 0 unspecified atom stereocenters. The van der Waals surface area contributed by atoms with Crippen LogP contribution >= 0.6 is 11.3 Å². The smallest absolute Gasteiger partial charge is 0.154 e. The molecule has 68 valence electrons. The van der Waals surface area contributed by atoms with Crippen molar-refractivity contribution in [1.29, 1.82) is 0 Å². The SMILES string of the molecule is Cc1nc(NN)c2c(N)scc2n1. The number of hydrogen-bond acceptors (Lipinski definition) is 6. The van der Waals surface area contributed by atoms with E-state index in [0.29, 0.717) is 16.6 Å². The standard InChI is InChI=1S/C7H9N5S/c1-3-10-4-2-13-6(8)5(4)7(11-3)12-9/h2H,8-9H2,1H3,(H,10,11,12). The topological polar surface area (TPSA) is 89.8 Å². The van der Waals surface area contributed by atoms with Crippen LogP contribution in [-0.2, 0) is 0 Å². The highest BCUT2D eigenvalue weighted by atomic mass is 32.1. The summed E-state index contributed by atoms with van der Waals surface area (Å²) < 4.78 is 0. The van der Waals surface area contributed by atoms with Crippen LogP contribution in [0.5, 0.6) is 0 Å². The maximum absolute atomic E-state index is 5.75. The van der Waals surface area contributed by atoms with Gasteiger partial charge in [0.1, 0.15) is 5.82 Å². The number of fused-ring (bicyclic) bond motifs is 1. The van der Waals surface area contributed by atoms with Gasteiger partial charge in [0.05, 0.1) is 15.9 Å². The average molecular weight is 195 g/mol. The summed E-state index contributed by atoms with van der Waals surface area (Å²) in [6.45, 7) is 1.81. The molecule has 6 heteroatoms. The highest BCUT2D eigenvalue weighted by Gasteiger charge is 2.09. The van der Waals surface area contributed by atoms with Gasteiger partial charge < -0.3 is 11.2 Å². The normalized spacial score (nSPS) is 10.6. The van der Waals surface area contributed by atoms with Gasteiger partial charge in [0, 0.05) is 5.38 Å². The fourth-order valence-corrected chi connectivity index (χ4v) is 1.93. The summed E-state index contributed by atoms with van der Waals surface area (Å²) in [6.07, 6.45) is 0. The Kier molecular flexibility index (Phi) is 1.78. The fraction of sp³-hybridized carbons (Fsp3) is 0.143. The summed E-state index contributed by atoms with van der Waals surface area (Å²) in [5.74, 6) is 6.59. The lowest BCUT2D eigenvalue weighted by molar-refractivity contribution is 1.08. The number of nitrogens with one attached hydrogen (secondary N) is 1. The van der Waals surface area contributed by atoms with E-state index in [-0.39, 0.29) is 0 Å². The van der Waals surface area contributed by atoms with E-state index in [9.17, 15) is 0 Å². The molecule has 0 saturated heterocycles. The fourth-order valence-electron chi connectivity index (χ4n) is 1.21. The maximum Gasteiger partial charge on any atom is 0.154 e. The Morgan fingerprint density at radius 3 is 2.92 bits per heavy atom. The van der Waals surface area contributed by atoms with Crippen molar-refractivity contribution in [1.82, 2.24) is 9.97 Å². The molecule has 2 aromatic heterocycles. The predicted molar refractivity (Wildman–Crippen MR) is 54.4 cm³/mol. The molecule has 0 radical (unpaired) electrons. The molecule has 0 aromatic carbocycles. The molecular formula is C7H9N5S. The summed E-state index contributed by atoms with van der Waals surface area (Å²) in [5.41, 5.74) is 9.09. The zero-order valence-corrected chi connectivity index (χ0v) is 7.85. The van der Waals surface area contributed by atoms with Crippen LogP contribution in [0, 0.1) is 6.92 Å². The van der Waals surface area contributed by atoms with Crippen molar-refractivity contribution in [3.63, 3.8) is 0 Å². The number of nitrogens with two attached hydrogens (primary N) is 2. The van der Waals surface area contributed by atoms with E-state index in [1.165, 1.54) is 11.3 Å². The van der Waals surface area contributed by atoms with Gasteiger partial charge in [-0.1, -0.05) is 0 Å². The third-order valence-corrected chi connectivity index (χ3v) is 2.53. The van der Waals surface area contributed by atoms with E-state index >= 15 is 0 Å². The van der Waals surface area contributed by atoms with Crippen LogP contribution in [0.25, 0.3) is 10.9 Å². The van der Waals surface area contributed by atoms with Gasteiger partial charge in [0.15, 0.2) is 5.82 Å². The molecule has 0 aliphatic rings. The van der Waals surface area contributed by atoms with Gasteiger partial charge in [-0.25, -0.2) is 15.8 Å². The Morgan fingerprint density at radius 1 is 1.46 bits per heavy atom. The van der Waals surface area contributed by atoms with Crippen molar-refractivity contribution in [2.75, 3.05) is 11.2 Å². The third-order valence-electron chi connectivity index (χ3n) is 1.73. The molecule has 0 fully saturated rings. The van der Waals surface area contributed by atoms with Gasteiger partial charge in [-0.15, -0.1) is 11.3 Å². The lowest BCUT2D eigenvalue weighted by Crippen LogP contribution is -2.10. The van der Waals surface area contributed by atoms with E-state index < -0.39 is 0 Å². The highest BCUT2D eigenvalue weighted by molar-refractivity contribution is 7.15. The minimum absolute atomic E-state index is 0.584. The number of nitrogens with zero attached hydrogens (tertiary/aromatic N) is 2. The number of rotatable bonds is 1. The molecular weight excluding hydrogens is 186 g/mol. The van der Waals surface area contributed by atoms with Crippen LogP contribution in [0.2, 0.25) is 0 Å². The van der Waals surface area contributed by atoms with Crippen LogP contribution in [0.15, 0.2) is 5.38 Å². The minimum atomic E-state index is 0.584. The van der Waals surface area contributed by atoms with E-state index in [0.717, 1.165) is 10.9 Å². The molecule has 0 bridgehead atoms. The van der Waals surface area contributed by atoms with Crippen LogP contribution in [0.3, 0.4) is 0 Å². The van der Waals surface area contributed by atoms with Crippen molar-refractivity contribution >= 4 is 33.1 Å². The van der Waals surface area contributed by atoms with E-state index in [2.05, 4.69) is 15.4 Å². The average Bonchev–Trinajstić information content (AvgIpc) is 2.46. The lowest BCUT2D eigenvalue weighted by atomic mass is 10.3. The molecule has 0 saturated carbocycles. The predicted octanol–water partition coefficient (Wildman–Crippen LogP) is 0.868. The largest absolute Gasteiger partial charge is 0.390 e. The van der Waals surface area contributed by atoms with Crippen molar-refractivity contribution in [2.45, 2.75) is 6.92 Å². The number of nitrogen functional groups attached to an aromatic ring is 2. The second kappa shape index (κ2) is 2.82. The van der Waals surface area contributed by atoms with Gasteiger partial charge in [-0.05, 0) is 6.92 Å². The number of thiophene rings is 1. The van der Waals surface area contributed by atoms with E-state index in [1.54, 1.807) is 0 Å². The number of aromatic nitrogens is 2. The molecule has 5 nitrogen and oxygen atoms in total. The third kappa shape index (κ3) is 1.20. The molecule has 2 rings (SSSR count). The van der Waals surface area contributed by atoms with Gasteiger partial charge in [-0.2, -0.15) is 0 Å².